The van der Waals surface area contributed by atoms with E-state index >= 15 is 0 Å². The normalized spacial score (nSPS) is 22.8. The number of hydrogen-bond acceptors (Lipinski definition) is 6. The fourth-order valence-corrected chi connectivity index (χ4v) is 1.97. The number of ether oxygens (including phenoxy) is 6. The summed E-state index contributed by atoms with van der Waals surface area (Å²) in [4.78, 5) is 0. The third-order valence-corrected chi connectivity index (χ3v) is 3.31. The van der Waals surface area contributed by atoms with Crippen LogP contribution in [0.5, 0.6) is 17.2 Å². The van der Waals surface area contributed by atoms with Crippen LogP contribution in [-0.4, -0.2) is 52.9 Å². The molecule has 0 radical (unpaired) electrons. The van der Waals surface area contributed by atoms with Gasteiger partial charge >= 0.3 is 0 Å². The van der Waals surface area contributed by atoms with Crippen molar-refractivity contribution in [3.05, 3.63) is 17.7 Å². The first-order valence-corrected chi connectivity index (χ1v) is 6.98. The van der Waals surface area contributed by atoms with Gasteiger partial charge in [-0.2, -0.15) is 0 Å². The summed E-state index contributed by atoms with van der Waals surface area (Å²) in [5.41, 5.74) is 0.972. The molecule has 21 heavy (non-hydrogen) atoms. The van der Waals surface area contributed by atoms with E-state index in [1.165, 1.54) is 0 Å². The van der Waals surface area contributed by atoms with E-state index in [-0.39, 0.29) is 12.2 Å². The molecule has 6 nitrogen and oxygen atoms in total. The van der Waals surface area contributed by atoms with Gasteiger partial charge in [0, 0.05) is 0 Å². The van der Waals surface area contributed by atoms with Crippen LogP contribution >= 0.6 is 0 Å². The van der Waals surface area contributed by atoms with E-state index in [0.29, 0.717) is 37.1 Å². The highest BCUT2D eigenvalue weighted by Gasteiger charge is 2.25. The molecule has 116 valence electrons. The van der Waals surface area contributed by atoms with Crippen LogP contribution in [0.1, 0.15) is 5.56 Å². The molecule has 2 aliphatic rings. The van der Waals surface area contributed by atoms with Gasteiger partial charge in [-0.25, -0.2) is 0 Å². The maximum Gasteiger partial charge on any atom is 0.203 e. The van der Waals surface area contributed by atoms with Crippen molar-refractivity contribution >= 4 is 0 Å². The molecule has 2 saturated heterocycles. The Balaban J connectivity index is 1.68. The average Bonchev–Trinajstić information content (AvgIpc) is 3.38. The second-order valence-electron chi connectivity index (χ2n) is 5.07. The van der Waals surface area contributed by atoms with Crippen molar-refractivity contribution in [3.63, 3.8) is 0 Å². The largest absolute Gasteiger partial charge is 0.493 e. The second kappa shape index (κ2) is 6.51. The van der Waals surface area contributed by atoms with Crippen LogP contribution in [0.3, 0.4) is 0 Å². The van der Waals surface area contributed by atoms with Crippen molar-refractivity contribution in [3.8, 4) is 17.2 Å². The first-order valence-electron chi connectivity index (χ1n) is 6.98. The quantitative estimate of drug-likeness (QED) is 0.642. The van der Waals surface area contributed by atoms with E-state index in [1.807, 2.05) is 12.1 Å². The second-order valence-corrected chi connectivity index (χ2v) is 5.07. The SMILES string of the molecule is COc1cc(COCC2CO2)cc(OC)c1OCC1CO1. The van der Waals surface area contributed by atoms with Gasteiger partial charge in [-0.1, -0.05) is 0 Å². The molecule has 2 aliphatic heterocycles. The number of rotatable bonds is 9. The van der Waals surface area contributed by atoms with E-state index in [1.54, 1.807) is 14.2 Å². The van der Waals surface area contributed by atoms with E-state index in [9.17, 15) is 0 Å². The summed E-state index contributed by atoms with van der Waals surface area (Å²) >= 11 is 0. The van der Waals surface area contributed by atoms with Crippen LogP contribution in [-0.2, 0) is 20.8 Å². The molecule has 2 atom stereocenters. The van der Waals surface area contributed by atoms with E-state index in [4.69, 9.17) is 28.4 Å². The van der Waals surface area contributed by atoms with Gasteiger partial charge in [0.25, 0.3) is 0 Å². The highest BCUT2D eigenvalue weighted by atomic mass is 16.6. The van der Waals surface area contributed by atoms with Crippen molar-refractivity contribution < 1.29 is 28.4 Å². The van der Waals surface area contributed by atoms with Crippen molar-refractivity contribution in [2.75, 3.05) is 40.6 Å². The zero-order valence-electron chi connectivity index (χ0n) is 12.3. The molecule has 2 unspecified atom stereocenters. The molecule has 1 aromatic carbocycles. The first kappa shape index (κ1) is 14.4. The Morgan fingerprint density at radius 3 is 2.10 bits per heavy atom. The average molecular weight is 296 g/mol. The van der Waals surface area contributed by atoms with Crippen molar-refractivity contribution in [1.82, 2.24) is 0 Å². The molecule has 3 rings (SSSR count). The minimum atomic E-state index is 0.181. The van der Waals surface area contributed by atoms with Gasteiger partial charge in [0.2, 0.25) is 5.75 Å². The fourth-order valence-electron chi connectivity index (χ4n) is 1.97. The fraction of sp³-hybridized carbons (Fsp3) is 0.600. The van der Waals surface area contributed by atoms with Gasteiger partial charge in [-0.15, -0.1) is 0 Å². The summed E-state index contributed by atoms with van der Waals surface area (Å²) in [6.07, 6.45) is 0.441. The first-order chi connectivity index (χ1) is 10.3. The van der Waals surface area contributed by atoms with Crippen molar-refractivity contribution in [1.29, 1.82) is 0 Å². The Hall–Kier alpha value is -1.50. The summed E-state index contributed by atoms with van der Waals surface area (Å²) in [6.45, 7) is 3.14. The Bertz CT molecular complexity index is 456. The molecule has 1 aromatic rings. The Labute approximate surface area is 123 Å². The van der Waals surface area contributed by atoms with Crippen LogP contribution in [0.2, 0.25) is 0 Å². The van der Waals surface area contributed by atoms with Crippen molar-refractivity contribution in [2.45, 2.75) is 18.8 Å². The summed E-state index contributed by atoms with van der Waals surface area (Å²) < 4.78 is 32.4. The Morgan fingerprint density at radius 2 is 1.57 bits per heavy atom. The summed E-state index contributed by atoms with van der Waals surface area (Å²) in [5.74, 6) is 1.87. The maximum atomic E-state index is 5.75. The Morgan fingerprint density at radius 1 is 1.00 bits per heavy atom. The lowest BCUT2D eigenvalue weighted by molar-refractivity contribution is 0.104. The standard InChI is InChI=1S/C15H20O6/c1-16-13-3-10(5-18-6-11-7-19-11)4-14(17-2)15(13)21-9-12-8-20-12/h3-4,11-12H,5-9H2,1-2H3. The summed E-state index contributed by atoms with van der Waals surface area (Å²) in [5, 5.41) is 0. The predicted molar refractivity (Wildman–Crippen MR) is 74.2 cm³/mol. The third kappa shape index (κ3) is 4.00. The van der Waals surface area contributed by atoms with Crippen LogP contribution in [0, 0.1) is 0 Å². The van der Waals surface area contributed by atoms with Gasteiger partial charge in [0.1, 0.15) is 18.8 Å². The van der Waals surface area contributed by atoms with Gasteiger partial charge in [0.15, 0.2) is 11.5 Å². The lowest BCUT2D eigenvalue weighted by Gasteiger charge is -2.15. The highest BCUT2D eigenvalue weighted by Crippen LogP contribution is 2.39. The summed E-state index contributed by atoms with van der Waals surface area (Å²) in [7, 11) is 3.22. The summed E-state index contributed by atoms with van der Waals surface area (Å²) in [6, 6.07) is 3.80. The molecule has 2 fully saturated rings. The zero-order valence-corrected chi connectivity index (χ0v) is 12.3. The third-order valence-electron chi connectivity index (χ3n) is 3.31. The lowest BCUT2D eigenvalue weighted by atomic mass is 10.2. The van der Waals surface area contributed by atoms with Gasteiger partial charge < -0.3 is 28.4 Å². The molecule has 2 heterocycles. The van der Waals surface area contributed by atoms with Crippen LogP contribution in [0.15, 0.2) is 12.1 Å². The van der Waals surface area contributed by atoms with Crippen LogP contribution in [0.25, 0.3) is 0 Å². The number of hydrogen-bond donors (Lipinski definition) is 0. The molecule has 0 amide bonds. The molecule has 0 aromatic heterocycles. The predicted octanol–water partition coefficient (Wildman–Crippen LogP) is 1.40. The van der Waals surface area contributed by atoms with Gasteiger partial charge in [-0.05, 0) is 17.7 Å². The van der Waals surface area contributed by atoms with Crippen LogP contribution in [0.4, 0.5) is 0 Å². The van der Waals surface area contributed by atoms with Gasteiger partial charge in [-0.3, -0.25) is 0 Å². The maximum absolute atomic E-state index is 5.75. The van der Waals surface area contributed by atoms with Gasteiger partial charge in [0.05, 0.1) is 40.6 Å². The Kier molecular flexibility index (Phi) is 4.48. The highest BCUT2D eigenvalue weighted by molar-refractivity contribution is 5.53. The monoisotopic (exact) mass is 296 g/mol. The number of methoxy groups -OCH3 is 2. The minimum absolute atomic E-state index is 0.181. The molecular formula is C15H20O6. The van der Waals surface area contributed by atoms with E-state index < -0.39 is 0 Å². The molecule has 0 saturated carbocycles. The minimum Gasteiger partial charge on any atom is -0.493 e. The number of epoxide rings is 2. The zero-order chi connectivity index (χ0) is 14.7. The number of benzene rings is 1. The topological polar surface area (TPSA) is 62.0 Å². The molecular weight excluding hydrogens is 276 g/mol. The molecule has 0 spiro atoms. The van der Waals surface area contributed by atoms with Crippen LogP contribution < -0.4 is 14.2 Å². The molecule has 0 bridgehead atoms. The molecule has 0 aliphatic carbocycles. The van der Waals surface area contributed by atoms with E-state index in [0.717, 1.165) is 18.8 Å². The molecule has 0 N–H and O–H groups in total. The lowest BCUT2D eigenvalue weighted by Crippen LogP contribution is -2.07. The molecule has 6 heteroatoms. The smallest absolute Gasteiger partial charge is 0.203 e. The van der Waals surface area contributed by atoms with E-state index in [2.05, 4.69) is 0 Å². The van der Waals surface area contributed by atoms with Crippen molar-refractivity contribution in [2.24, 2.45) is 0 Å².